The minimum absolute atomic E-state index is 0.0881. The Morgan fingerprint density at radius 2 is 1.94 bits per heavy atom. The summed E-state index contributed by atoms with van der Waals surface area (Å²) in [5.41, 5.74) is 1.52. The van der Waals surface area contributed by atoms with Crippen LogP contribution in [0.2, 0.25) is 0 Å². The molecule has 2 aliphatic heterocycles. The third-order valence-corrected chi connectivity index (χ3v) is 6.15. The Labute approximate surface area is 187 Å². The van der Waals surface area contributed by atoms with Gasteiger partial charge in [0.15, 0.2) is 11.5 Å². The van der Waals surface area contributed by atoms with Crippen molar-refractivity contribution in [2.75, 3.05) is 26.8 Å². The van der Waals surface area contributed by atoms with E-state index >= 15 is 0 Å². The monoisotopic (exact) mass is 439 g/mol. The van der Waals surface area contributed by atoms with E-state index in [-0.39, 0.29) is 23.6 Å². The van der Waals surface area contributed by atoms with E-state index in [0.717, 1.165) is 5.71 Å². The molecule has 1 unspecified atom stereocenters. The highest BCUT2D eigenvalue weighted by Crippen LogP contribution is 2.41. The number of phenolic OH excluding ortho intramolecular Hbond substituents is 2. The number of hydrogen-bond donors (Lipinski definition) is 3. The molecule has 0 radical (unpaired) electrons. The summed E-state index contributed by atoms with van der Waals surface area (Å²) in [6.07, 6.45) is 1.35. The summed E-state index contributed by atoms with van der Waals surface area (Å²) < 4.78 is 10.4. The molecule has 8 heteroatoms. The largest absolute Gasteiger partial charge is 0.507 e. The number of aromatic hydroxyl groups is 2. The molecule has 0 saturated carbocycles. The highest BCUT2D eigenvalue weighted by Gasteiger charge is 2.42. The first-order chi connectivity index (χ1) is 15.5. The maximum Gasteiger partial charge on any atom is 0.409 e. The molecule has 4 rings (SSSR count). The van der Waals surface area contributed by atoms with E-state index in [1.165, 1.54) is 7.11 Å². The van der Waals surface area contributed by atoms with Gasteiger partial charge in [0.2, 0.25) is 0 Å². The van der Waals surface area contributed by atoms with Crippen molar-refractivity contribution < 1.29 is 24.5 Å². The standard InChI is InChI=1S/C24H29N3O5/c1-3-32-23(30)27-13-11-24(12-14-27)25-18(16-7-4-5-9-20(16)28)15-19(26-24)17-8-6-10-21(31-2)22(17)29/h4-10,19,26,28-29H,3,11-15H2,1-2H3. The number of likely N-dealkylation sites (tertiary alicyclic amines) is 1. The fraction of sp³-hybridized carbons (Fsp3) is 0.417. The molecule has 2 heterocycles. The molecule has 1 fully saturated rings. The van der Waals surface area contributed by atoms with Crippen molar-refractivity contribution in [3.8, 4) is 17.2 Å². The molecule has 0 aromatic heterocycles. The van der Waals surface area contributed by atoms with Gasteiger partial charge in [-0.3, -0.25) is 10.3 Å². The van der Waals surface area contributed by atoms with Crippen molar-refractivity contribution in [3.05, 3.63) is 53.6 Å². The van der Waals surface area contributed by atoms with Crippen LogP contribution in [0.3, 0.4) is 0 Å². The van der Waals surface area contributed by atoms with E-state index < -0.39 is 5.66 Å². The molecule has 1 amide bonds. The zero-order valence-electron chi connectivity index (χ0n) is 18.4. The number of rotatable bonds is 4. The Morgan fingerprint density at radius 1 is 1.19 bits per heavy atom. The summed E-state index contributed by atoms with van der Waals surface area (Å²) in [5.74, 6) is 0.660. The number of benzene rings is 2. The number of hydrogen-bond acceptors (Lipinski definition) is 7. The van der Waals surface area contributed by atoms with Gasteiger partial charge >= 0.3 is 6.09 Å². The number of nitrogens with one attached hydrogen (secondary N) is 1. The lowest BCUT2D eigenvalue weighted by atomic mass is 9.87. The van der Waals surface area contributed by atoms with Crippen molar-refractivity contribution in [2.45, 2.75) is 37.9 Å². The van der Waals surface area contributed by atoms with Gasteiger partial charge < -0.3 is 24.6 Å². The lowest BCUT2D eigenvalue weighted by molar-refractivity contribution is 0.0778. The van der Waals surface area contributed by atoms with Crippen LogP contribution in [0.25, 0.3) is 0 Å². The van der Waals surface area contributed by atoms with Gasteiger partial charge in [-0.25, -0.2) is 4.79 Å². The summed E-state index contributed by atoms with van der Waals surface area (Å²) in [4.78, 5) is 18.9. The van der Waals surface area contributed by atoms with E-state index in [1.807, 2.05) is 24.3 Å². The van der Waals surface area contributed by atoms with Crippen LogP contribution in [0.4, 0.5) is 4.79 Å². The summed E-state index contributed by atoms with van der Waals surface area (Å²) in [7, 11) is 1.52. The normalized spacial score (nSPS) is 20.0. The number of phenols is 2. The zero-order valence-corrected chi connectivity index (χ0v) is 18.4. The first-order valence-corrected chi connectivity index (χ1v) is 10.9. The molecule has 1 spiro atoms. The molecule has 170 valence electrons. The number of nitrogens with zero attached hydrogens (tertiary/aromatic N) is 2. The van der Waals surface area contributed by atoms with Crippen LogP contribution in [0, 0.1) is 0 Å². The zero-order chi connectivity index (χ0) is 22.7. The van der Waals surface area contributed by atoms with E-state index in [2.05, 4.69) is 5.32 Å². The predicted molar refractivity (Wildman–Crippen MR) is 120 cm³/mol. The number of carbonyl (C=O) groups is 1. The van der Waals surface area contributed by atoms with E-state index in [9.17, 15) is 15.0 Å². The van der Waals surface area contributed by atoms with Crippen molar-refractivity contribution in [2.24, 2.45) is 4.99 Å². The minimum atomic E-state index is -0.626. The molecule has 3 N–H and O–H groups in total. The fourth-order valence-electron chi connectivity index (χ4n) is 4.50. The molecule has 8 nitrogen and oxygen atoms in total. The first kappa shape index (κ1) is 22.0. The maximum atomic E-state index is 12.2. The summed E-state index contributed by atoms with van der Waals surface area (Å²) in [6, 6.07) is 12.3. The predicted octanol–water partition coefficient (Wildman–Crippen LogP) is 3.58. The third kappa shape index (κ3) is 4.23. The van der Waals surface area contributed by atoms with Crippen LogP contribution in [0.1, 0.15) is 43.4 Å². The van der Waals surface area contributed by atoms with Crippen LogP contribution < -0.4 is 10.1 Å². The highest BCUT2D eigenvalue weighted by molar-refractivity contribution is 6.03. The van der Waals surface area contributed by atoms with Crippen LogP contribution >= 0.6 is 0 Å². The Kier molecular flexibility index (Phi) is 6.23. The smallest absolute Gasteiger partial charge is 0.409 e. The quantitative estimate of drug-likeness (QED) is 0.673. The first-order valence-electron chi connectivity index (χ1n) is 10.9. The molecule has 2 aromatic carbocycles. The maximum absolute atomic E-state index is 12.2. The van der Waals surface area contributed by atoms with Crippen molar-refractivity contribution in [1.82, 2.24) is 10.2 Å². The van der Waals surface area contributed by atoms with Gasteiger partial charge in [-0.15, -0.1) is 0 Å². The van der Waals surface area contributed by atoms with E-state index in [1.54, 1.807) is 30.0 Å². The topological polar surface area (TPSA) is 104 Å². The van der Waals surface area contributed by atoms with Crippen molar-refractivity contribution in [3.63, 3.8) is 0 Å². The number of ether oxygens (including phenoxy) is 2. The molecular weight excluding hydrogens is 410 g/mol. The van der Waals surface area contributed by atoms with Crippen LogP contribution in [0.15, 0.2) is 47.5 Å². The number of para-hydroxylation sites is 2. The summed E-state index contributed by atoms with van der Waals surface area (Å²) in [6.45, 7) is 3.13. The average molecular weight is 440 g/mol. The van der Waals surface area contributed by atoms with Gasteiger partial charge in [0.05, 0.1) is 13.7 Å². The molecule has 2 aliphatic rings. The van der Waals surface area contributed by atoms with Gasteiger partial charge in [0.25, 0.3) is 0 Å². The SMILES string of the molecule is CCOC(=O)N1CCC2(CC1)N=C(c1ccccc1O)CC(c1cccc(OC)c1O)N2. The van der Waals surface area contributed by atoms with Gasteiger partial charge in [-0.1, -0.05) is 24.3 Å². The Morgan fingerprint density at radius 3 is 2.62 bits per heavy atom. The Bertz CT molecular complexity index is 1010. The highest BCUT2D eigenvalue weighted by atomic mass is 16.6. The van der Waals surface area contributed by atoms with Gasteiger partial charge in [0, 0.05) is 55.2 Å². The van der Waals surface area contributed by atoms with Crippen LogP contribution in [0.5, 0.6) is 17.2 Å². The molecular formula is C24H29N3O5. The Hall–Kier alpha value is -3.26. The number of piperidine rings is 1. The minimum Gasteiger partial charge on any atom is -0.507 e. The molecule has 1 saturated heterocycles. The summed E-state index contributed by atoms with van der Waals surface area (Å²) >= 11 is 0. The van der Waals surface area contributed by atoms with Crippen molar-refractivity contribution in [1.29, 1.82) is 0 Å². The molecule has 0 aliphatic carbocycles. The van der Waals surface area contributed by atoms with E-state index in [0.29, 0.717) is 55.8 Å². The molecule has 0 bridgehead atoms. The lowest BCUT2D eigenvalue weighted by Crippen LogP contribution is -2.56. The lowest BCUT2D eigenvalue weighted by Gasteiger charge is -2.45. The molecule has 32 heavy (non-hydrogen) atoms. The third-order valence-electron chi connectivity index (χ3n) is 6.15. The van der Waals surface area contributed by atoms with Gasteiger partial charge in [0.1, 0.15) is 11.4 Å². The molecule has 1 atom stereocenters. The molecule has 2 aromatic rings. The fourth-order valence-corrected chi connectivity index (χ4v) is 4.50. The van der Waals surface area contributed by atoms with Crippen LogP contribution in [-0.2, 0) is 4.74 Å². The Balaban J connectivity index is 1.69. The van der Waals surface area contributed by atoms with Gasteiger partial charge in [-0.05, 0) is 25.1 Å². The van der Waals surface area contributed by atoms with Gasteiger partial charge in [-0.2, -0.15) is 0 Å². The number of methoxy groups -OCH3 is 1. The van der Waals surface area contributed by atoms with Crippen LogP contribution in [-0.4, -0.2) is 59.4 Å². The van der Waals surface area contributed by atoms with E-state index in [4.69, 9.17) is 14.5 Å². The second-order valence-corrected chi connectivity index (χ2v) is 8.09. The second kappa shape index (κ2) is 9.08. The number of aliphatic imine (C=N–C) groups is 1. The van der Waals surface area contributed by atoms with Crippen molar-refractivity contribution >= 4 is 11.8 Å². The number of amides is 1. The average Bonchev–Trinajstić information content (AvgIpc) is 2.80. The number of carbonyl (C=O) groups excluding carboxylic acids is 1. The summed E-state index contributed by atoms with van der Waals surface area (Å²) in [5, 5.41) is 24.9. The second-order valence-electron chi connectivity index (χ2n) is 8.09.